The summed E-state index contributed by atoms with van der Waals surface area (Å²) in [5, 5.41) is 23.9. The Morgan fingerprint density at radius 3 is 1.81 bits per heavy atom. The third-order valence-corrected chi connectivity index (χ3v) is 2.63. The molecule has 6 nitrogen and oxygen atoms in total. The van der Waals surface area contributed by atoms with E-state index in [-0.39, 0.29) is 23.0 Å². The summed E-state index contributed by atoms with van der Waals surface area (Å²) in [4.78, 5) is 22.9. The van der Waals surface area contributed by atoms with Gasteiger partial charge in [0.15, 0.2) is 0 Å². The number of amides is 2. The number of carbonyl (C=O) groups excluding carboxylic acids is 2. The maximum atomic E-state index is 12.0. The minimum atomic E-state index is -0.464. The predicted molar refractivity (Wildman–Crippen MR) is 78.5 cm³/mol. The van der Waals surface area contributed by atoms with Crippen molar-refractivity contribution in [1.82, 2.24) is 0 Å². The molecule has 0 heterocycles. The summed E-state index contributed by atoms with van der Waals surface area (Å²) in [6.45, 7) is 1.41. The van der Waals surface area contributed by atoms with Gasteiger partial charge in [-0.05, 0) is 36.4 Å². The molecule has 0 atom stereocenters. The molecule has 0 unspecified atom stereocenters. The first kappa shape index (κ1) is 14.4. The number of rotatable bonds is 3. The van der Waals surface area contributed by atoms with Crippen LogP contribution in [0.1, 0.15) is 17.3 Å². The van der Waals surface area contributed by atoms with Gasteiger partial charge < -0.3 is 20.8 Å². The normalized spacial score (nSPS) is 9.95. The molecule has 0 aliphatic carbocycles. The van der Waals surface area contributed by atoms with Crippen LogP contribution in [0.3, 0.4) is 0 Å². The van der Waals surface area contributed by atoms with Gasteiger partial charge in [0.25, 0.3) is 5.91 Å². The minimum absolute atomic E-state index is 0.137. The van der Waals surface area contributed by atoms with E-state index < -0.39 is 5.91 Å². The minimum Gasteiger partial charge on any atom is -0.508 e. The zero-order valence-corrected chi connectivity index (χ0v) is 11.3. The summed E-state index contributed by atoms with van der Waals surface area (Å²) in [5.74, 6) is -1.03. The van der Waals surface area contributed by atoms with Crippen LogP contribution in [0.25, 0.3) is 0 Å². The maximum Gasteiger partial charge on any atom is 0.255 e. The number of aromatic hydroxyl groups is 2. The molecule has 21 heavy (non-hydrogen) atoms. The van der Waals surface area contributed by atoms with E-state index in [0.717, 1.165) is 6.07 Å². The average Bonchev–Trinajstić information content (AvgIpc) is 2.39. The Balaban J connectivity index is 2.10. The van der Waals surface area contributed by atoms with Gasteiger partial charge in [-0.3, -0.25) is 9.59 Å². The standard InChI is InChI=1S/C15H14N2O4/c1-9(18)16-11-2-4-12(5-3-11)17-15(21)10-6-13(19)8-14(20)7-10/h2-8,19-20H,1H3,(H,16,18)(H,17,21). The molecule has 2 aromatic carbocycles. The molecule has 2 aromatic rings. The highest BCUT2D eigenvalue weighted by Gasteiger charge is 2.09. The van der Waals surface area contributed by atoms with Gasteiger partial charge in [0.1, 0.15) is 11.5 Å². The highest BCUT2D eigenvalue weighted by Crippen LogP contribution is 2.21. The first-order valence-electron chi connectivity index (χ1n) is 6.16. The van der Waals surface area contributed by atoms with Gasteiger partial charge in [-0.1, -0.05) is 0 Å². The number of hydrogen-bond acceptors (Lipinski definition) is 4. The van der Waals surface area contributed by atoms with Crippen molar-refractivity contribution < 1.29 is 19.8 Å². The third kappa shape index (κ3) is 3.97. The molecule has 0 aliphatic rings. The lowest BCUT2D eigenvalue weighted by Gasteiger charge is -2.07. The molecular formula is C15H14N2O4. The van der Waals surface area contributed by atoms with Crippen LogP contribution in [-0.2, 0) is 4.79 Å². The number of nitrogens with one attached hydrogen (secondary N) is 2. The molecular weight excluding hydrogens is 272 g/mol. The van der Waals surface area contributed by atoms with E-state index in [1.165, 1.54) is 19.1 Å². The number of phenols is 2. The van der Waals surface area contributed by atoms with Crippen molar-refractivity contribution >= 4 is 23.2 Å². The smallest absolute Gasteiger partial charge is 0.255 e. The molecule has 0 saturated carbocycles. The fourth-order valence-corrected chi connectivity index (χ4v) is 1.77. The molecule has 0 saturated heterocycles. The Labute approximate surface area is 121 Å². The zero-order chi connectivity index (χ0) is 15.4. The van der Waals surface area contributed by atoms with Crippen LogP contribution in [0.2, 0.25) is 0 Å². The van der Waals surface area contributed by atoms with E-state index in [1.54, 1.807) is 24.3 Å². The summed E-state index contributed by atoms with van der Waals surface area (Å²) in [6.07, 6.45) is 0. The quantitative estimate of drug-likeness (QED) is 0.695. The van der Waals surface area contributed by atoms with Gasteiger partial charge in [0.05, 0.1) is 0 Å². The van der Waals surface area contributed by atoms with Gasteiger partial charge >= 0.3 is 0 Å². The highest BCUT2D eigenvalue weighted by molar-refractivity contribution is 6.04. The monoisotopic (exact) mass is 286 g/mol. The van der Waals surface area contributed by atoms with Crippen molar-refractivity contribution in [3.8, 4) is 11.5 Å². The molecule has 0 bridgehead atoms. The lowest BCUT2D eigenvalue weighted by Crippen LogP contribution is -2.12. The van der Waals surface area contributed by atoms with Crippen molar-refractivity contribution in [2.45, 2.75) is 6.92 Å². The van der Waals surface area contributed by atoms with E-state index in [4.69, 9.17) is 0 Å². The molecule has 2 amide bonds. The molecule has 0 radical (unpaired) electrons. The predicted octanol–water partition coefficient (Wildman–Crippen LogP) is 2.31. The van der Waals surface area contributed by atoms with Gasteiger partial charge in [0, 0.05) is 29.9 Å². The van der Waals surface area contributed by atoms with E-state index >= 15 is 0 Å². The van der Waals surface area contributed by atoms with Crippen LogP contribution in [-0.4, -0.2) is 22.0 Å². The Morgan fingerprint density at radius 1 is 0.857 bits per heavy atom. The zero-order valence-electron chi connectivity index (χ0n) is 11.3. The fourth-order valence-electron chi connectivity index (χ4n) is 1.77. The van der Waals surface area contributed by atoms with Gasteiger partial charge in [0.2, 0.25) is 5.91 Å². The Bertz CT molecular complexity index is 660. The van der Waals surface area contributed by atoms with E-state index in [0.29, 0.717) is 11.4 Å². The summed E-state index contributed by atoms with van der Waals surface area (Å²) >= 11 is 0. The molecule has 108 valence electrons. The van der Waals surface area contributed by atoms with E-state index in [2.05, 4.69) is 10.6 Å². The van der Waals surface area contributed by atoms with Crippen LogP contribution in [0, 0.1) is 0 Å². The summed E-state index contributed by atoms with van der Waals surface area (Å²) < 4.78 is 0. The first-order chi connectivity index (χ1) is 9.94. The Morgan fingerprint density at radius 2 is 1.33 bits per heavy atom. The Hall–Kier alpha value is -3.02. The van der Waals surface area contributed by atoms with Crippen LogP contribution in [0.15, 0.2) is 42.5 Å². The average molecular weight is 286 g/mol. The van der Waals surface area contributed by atoms with Crippen molar-refractivity contribution in [3.63, 3.8) is 0 Å². The van der Waals surface area contributed by atoms with Gasteiger partial charge in [-0.25, -0.2) is 0 Å². The van der Waals surface area contributed by atoms with Crippen molar-refractivity contribution in [1.29, 1.82) is 0 Å². The third-order valence-electron chi connectivity index (χ3n) is 2.63. The van der Waals surface area contributed by atoms with Crippen molar-refractivity contribution in [2.24, 2.45) is 0 Å². The van der Waals surface area contributed by atoms with Crippen LogP contribution < -0.4 is 10.6 Å². The second-order valence-electron chi connectivity index (χ2n) is 4.45. The second kappa shape index (κ2) is 5.96. The lowest BCUT2D eigenvalue weighted by atomic mass is 10.2. The Kier molecular flexibility index (Phi) is 4.08. The highest BCUT2D eigenvalue weighted by atomic mass is 16.3. The van der Waals surface area contributed by atoms with E-state index in [9.17, 15) is 19.8 Å². The first-order valence-corrected chi connectivity index (χ1v) is 6.16. The molecule has 0 fully saturated rings. The molecule has 0 spiro atoms. The largest absolute Gasteiger partial charge is 0.508 e. The number of anilines is 2. The van der Waals surface area contributed by atoms with Crippen molar-refractivity contribution in [2.75, 3.05) is 10.6 Å². The van der Waals surface area contributed by atoms with Crippen LogP contribution >= 0.6 is 0 Å². The van der Waals surface area contributed by atoms with E-state index in [1.807, 2.05) is 0 Å². The number of phenolic OH excluding ortho intramolecular Hbond substituents is 2. The molecule has 4 N–H and O–H groups in total. The SMILES string of the molecule is CC(=O)Nc1ccc(NC(=O)c2cc(O)cc(O)c2)cc1. The lowest BCUT2D eigenvalue weighted by molar-refractivity contribution is -0.114. The summed E-state index contributed by atoms with van der Waals surface area (Å²) in [5.41, 5.74) is 1.28. The van der Waals surface area contributed by atoms with Crippen LogP contribution in [0.4, 0.5) is 11.4 Å². The van der Waals surface area contributed by atoms with Crippen molar-refractivity contribution in [3.05, 3.63) is 48.0 Å². The maximum absolute atomic E-state index is 12.0. The summed E-state index contributed by atoms with van der Waals surface area (Å²) in [6, 6.07) is 10.2. The van der Waals surface area contributed by atoms with Crippen LogP contribution in [0.5, 0.6) is 11.5 Å². The molecule has 0 aromatic heterocycles. The molecule has 6 heteroatoms. The van der Waals surface area contributed by atoms with Gasteiger partial charge in [-0.2, -0.15) is 0 Å². The van der Waals surface area contributed by atoms with Gasteiger partial charge in [-0.15, -0.1) is 0 Å². The fraction of sp³-hybridized carbons (Fsp3) is 0.0667. The molecule has 0 aliphatic heterocycles. The summed E-state index contributed by atoms with van der Waals surface area (Å²) in [7, 11) is 0. The number of carbonyl (C=O) groups is 2. The second-order valence-corrected chi connectivity index (χ2v) is 4.45. The topological polar surface area (TPSA) is 98.7 Å². The number of hydrogen-bond donors (Lipinski definition) is 4. The number of benzene rings is 2. The molecule has 2 rings (SSSR count).